The number of ether oxygens (including phenoxy) is 1. The van der Waals surface area contributed by atoms with Crippen molar-refractivity contribution in [1.29, 1.82) is 0 Å². The van der Waals surface area contributed by atoms with Gasteiger partial charge in [-0.15, -0.1) is 0 Å². The lowest BCUT2D eigenvalue weighted by Crippen LogP contribution is -2.53. The molecule has 1 aromatic carbocycles. The minimum atomic E-state index is -4.01. The predicted molar refractivity (Wildman–Crippen MR) is 147 cm³/mol. The lowest BCUT2D eigenvalue weighted by Gasteiger charge is -2.40. The second-order valence-corrected chi connectivity index (χ2v) is 12.3. The molecule has 208 valence electrons. The molecule has 4 rings (SSSR count). The number of amides is 1. The summed E-state index contributed by atoms with van der Waals surface area (Å²) in [5.41, 5.74) is 4.76. The molecule has 0 spiro atoms. The molecule has 0 bridgehead atoms. The number of anilines is 1. The van der Waals surface area contributed by atoms with Crippen LogP contribution in [0.3, 0.4) is 0 Å². The average molecular weight is 545 g/mol. The molecule has 0 unspecified atom stereocenters. The first-order chi connectivity index (χ1) is 18.0. The van der Waals surface area contributed by atoms with E-state index in [0.717, 1.165) is 13.1 Å². The predicted octanol–water partition coefficient (Wildman–Crippen LogP) is 3.18. The molecule has 0 saturated carbocycles. The van der Waals surface area contributed by atoms with Crippen molar-refractivity contribution in [2.75, 3.05) is 50.8 Å². The number of aromatic nitrogens is 1. The van der Waals surface area contributed by atoms with Crippen LogP contribution in [0.15, 0.2) is 23.1 Å². The van der Waals surface area contributed by atoms with Crippen molar-refractivity contribution in [3.63, 3.8) is 0 Å². The van der Waals surface area contributed by atoms with Gasteiger partial charge >= 0.3 is 5.97 Å². The van der Waals surface area contributed by atoms with Crippen LogP contribution in [0.2, 0.25) is 0 Å². The Balaban J connectivity index is 1.49. The summed E-state index contributed by atoms with van der Waals surface area (Å²) in [6.07, 6.45) is 1.25. The number of piperazine rings is 1. The van der Waals surface area contributed by atoms with Gasteiger partial charge < -0.3 is 19.1 Å². The second-order valence-electron chi connectivity index (χ2n) is 10.5. The molecular weight excluding hydrogens is 504 g/mol. The standard InChI is InChI=1S/C28H40N4O5S/c1-7-37-28(34)25-21(4)29(6)22(5)26(25)38(35,36)32-12-8-9-23(18-32)27(33)31-15-13-30(14-16-31)24-17-19(2)10-11-20(24)3/h10-11,17,23H,7-9,12-16,18H2,1-6H3/t23-/m0/s1. The largest absolute Gasteiger partial charge is 0.462 e. The van der Waals surface area contributed by atoms with Gasteiger partial charge in [0.15, 0.2) is 0 Å². The van der Waals surface area contributed by atoms with Crippen LogP contribution in [-0.4, -0.2) is 79.9 Å². The highest BCUT2D eigenvalue weighted by Crippen LogP contribution is 2.33. The molecular formula is C28H40N4O5S. The number of sulfonamides is 1. The molecule has 2 aliphatic heterocycles. The van der Waals surface area contributed by atoms with Crippen molar-refractivity contribution in [3.8, 4) is 0 Å². The number of piperidine rings is 1. The highest BCUT2D eigenvalue weighted by Gasteiger charge is 2.40. The van der Waals surface area contributed by atoms with Gasteiger partial charge in [0, 0.05) is 63.4 Å². The number of hydrogen-bond donors (Lipinski definition) is 0. The monoisotopic (exact) mass is 544 g/mol. The van der Waals surface area contributed by atoms with Gasteiger partial charge in [-0.1, -0.05) is 12.1 Å². The second kappa shape index (κ2) is 11.1. The molecule has 9 nitrogen and oxygen atoms in total. The Bertz CT molecular complexity index is 1330. The number of carbonyl (C=O) groups is 2. The minimum absolute atomic E-state index is 0.00816. The third kappa shape index (κ3) is 5.20. The van der Waals surface area contributed by atoms with E-state index in [1.807, 2.05) is 4.90 Å². The van der Waals surface area contributed by atoms with Crippen molar-refractivity contribution in [2.45, 2.75) is 52.4 Å². The number of esters is 1. The Morgan fingerprint density at radius 1 is 1.00 bits per heavy atom. The van der Waals surface area contributed by atoms with Crippen molar-refractivity contribution >= 4 is 27.6 Å². The molecule has 0 aliphatic carbocycles. The fraction of sp³-hybridized carbons (Fsp3) is 0.571. The SMILES string of the molecule is CCOC(=O)c1c(S(=O)(=O)N2CCC[C@H](C(=O)N3CCN(c4cc(C)ccc4C)CC3)C2)c(C)n(C)c1C. The van der Waals surface area contributed by atoms with E-state index in [-0.39, 0.29) is 29.5 Å². The number of benzene rings is 1. The molecule has 2 fully saturated rings. The quantitative estimate of drug-likeness (QED) is 0.519. The van der Waals surface area contributed by atoms with Crippen LogP contribution < -0.4 is 4.90 Å². The van der Waals surface area contributed by atoms with E-state index in [4.69, 9.17) is 4.74 Å². The van der Waals surface area contributed by atoms with Gasteiger partial charge in [-0.2, -0.15) is 4.31 Å². The number of rotatable bonds is 6. The highest BCUT2D eigenvalue weighted by atomic mass is 32.2. The first-order valence-corrected chi connectivity index (χ1v) is 14.9. The van der Waals surface area contributed by atoms with Crippen LogP contribution in [0.1, 0.15) is 52.6 Å². The van der Waals surface area contributed by atoms with Crippen LogP contribution in [0.25, 0.3) is 0 Å². The third-order valence-electron chi connectivity index (χ3n) is 8.03. The summed E-state index contributed by atoms with van der Waals surface area (Å²) in [6, 6.07) is 6.42. The molecule has 10 heteroatoms. The van der Waals surface area contributed by atoms with Crippen LogP contribution in [0.5, 0.6) is 0 Å². The van der Waals surface area contributed by atoms with E-state index in [1.165, 1.54) is 21.1 Å². The Morgan fingerprint density at radius 3 is 2.34 bits per heavy atom. The average Bonchev–Trinajstić information content (AvgIpc) is 3.14. The fourth-order valence-corrected chi connectivity index (χ4v) is 7.66. The van der Waals surface area contributed by atoms with E-state index >= 15 is 0 Å². The Labute approximate surface area is 226 Å². The third-order valence-corrected chi connectivity index (χ3v) is 10.1. The number of hydrogen-bond acceptors (Lipinski definition) is 6. The zero-order valence-corrected chi connectivity index (χ0v) is 24.2. The number of nitrogens with zero attached hydrogens (tertiary/aromatic N) is 4. The van der Waals surface area contributed by atoms with Crippen LogP contribution in [-0.2, 0) is 26.6 Å². The van der Waals surface area contributed by atoms with E-state index in [9.17, 15) is 18.0 Å². The summed E-state index contributed by atoms with van der Waals surface area (Å²) in [5.74, 6) is -1.03. The van der Waals surface area contributed by atoms with Gasteiger partial charge in [-0.3, -0.25) is 4.79 Å². The van der Waals surface area contributed by atoms with E-state index in [2.05, 4.69) is 36.9 Å². The maximum absolute atomic E-state index is 13.9. The van der Waals surface area contributed by atoms with E-state index in [0.29, 0.717) is 43.9 Å². The minimum Gasteiger partial charge on any atom is -0.462 e. The lowest BCUT2D eigenvalue weighted by atomic mass is 9.97. The molecule has 1 atom stereocenters. The summed E-state index contributed by atoms with van der Waals surface area (Å²) in [7, 11) is -2.26. The van der Waals surface area contributed by atoms with Crippen molar-refractivity contribution in [3.05, 3.63) is 46.3 Å². The first kappa shape index (κ1) is 28.2. The lowest BCUT2D eigenvalue weighted by molar-refractivity contribution is -0.137. The molecule has 0 N–H and O–H groups in total. The van der Waals surface area contributed by atoms with Gasteiger partial charge in [-0.05, 0) is 64.7 Å². The molecule has 3 heterocycles. The van der Waals surface area contributed by atoms with Gasteiger partial charge in [0.05, 0.1) is 12.5 Å². The van der Waals surface area contributed by atoms with Crippen LogP contribution >= 0.6 is 0 Å². The summed E-state index contributed by atoms with van der Waals surface area (Å²) >= 11 is 0. The molecule has 38 heavy (non-hydrogen) atoms. The fourth-order valence-electron chi connectivity index (χ4n) is 5.65. The topological polar surface area (TPSA) is 92.2 Å². The van der Waals surface area contributed by atoms with Gasteiger partial charge in [0.1, 0.15) is 10.5 Å². The zero-order valence-electron chi connectivity index (χ0n) is 23.4. The van der Waals surface area contributed by atoms with Crippen LogP contribution in [0.4, 0.5) is 5.69 Å². The number of carbonyl (C=O) groups excluding carboxylic acids is 2. The maximum Gasteiger partial charge on any atom is 0.341 e. The summed E-state index contributed by atoms with van der Waals surface area (Å²) in [4.78, 5) is 30.5. The normalized spacial score (nSPS) is 19.1. The van der Waals surface area contributed by atoms with Gasteiger partial charge in [0.25, 0.3) is 0 Å². The van der Waals surface area contributed by atoms with Gasteiger partial charge in [0.2, 0.25) is 15.9 Å². The maximum atomic E-state index is 13.9. The Kier molecular flexibility index (Phi) is 8.23. The van der Waals surface area contributed by atoms with E-state index < -0.39 is 21.9 Å². The van der Waals surface area contributed by atoms with Crippen molar-refractivity contribution in [1.82, 2.24) is 13.8 Å². The van der Waals surface area contributed by atoms with Crippen LogP contribution in [0, 0.1) is 33.6 Å². The summed E-state index contributed by atoms with van der Waals surface area (Å²) in [6.45, 7) is 12.6. The zero-order chi connectivity index (χ0) is 27.8. The summed E-state index contributed by atoms with van der Waals surface area (Å²) < 4.78 is 36.0. The van der Waals surface area contributed by atoms with Crippen molar-refractivity contribution < 1.29 is 22.7 Å². The summed E-state index contributed by atoms with van der Waals surface area (Å²) in [5, 5.41) is 0. The first-order valence-electron chi connectivity index (χ1n) is 13.4. The highest BCUT2D eigenvalue weighted by molar-refractivity contribution is 7.89. The molecule has 1 amide bonds. The van der Waals surface area contributed by atoms with E-state index in [1.54, 1.807) is 32.4 Å². The molecule has 0 radical (unpaired) electrons. The Morgan fingerprint density at radius 2 is 1.68 bits per heavy atom. The van der Waals surface area contributed by atoms with Gasteiger partial charge in [-0.25, -0.2) is 13.2 Å². The molecule has 1 aromatic heterocycles. The van der Waals surface area contributed by atoms with Crippen molar-refractivity contribution in [2.24, 2.45) is 13.0 Å². The Hall–Kier alpha value is -2.85. The smallest absolute Gasteiger partial charge is 0.341 e. The molecule has 2 saturated heterocycles. The molecule has 2 aromatic rings. The molecule has 2 aliphatic rings. The number of aryl methyl sites for hydroxylation is 2.